The summed E-state index contributed by atoms with van der Waals surface area (Å²) in [5.74, 6) is 0.928. The summed E-state index contributed by atoms with van der Waals surface area (Å²) in [6.07, 6.45) is 0. The molecule has 3 heterocycles. The van der Waals surface area contributed by atoms with Crippen molar-refractivity contribution in [2.75, 3.05) is 0 Å². The Morgan fingerprint density at radius 1 is 0.333 bits per heavy atom. The van der Waals surface area contributed by atoms with Crippen LogP contribution in [0, 0.1) is 0 Å². The number of aromatic nitrogens is 3. The van der Waals surface area contributed by atoms with E-state index in [0.717, 1.165) is 33.4 Å². The molecule has 0 aliphatic rings. The number of nitrogens with zero attached hydrogens (tertiary/aromatic N) is 3. The van der Waals surface area contributed by atoms with Gasteiger partial charge in [0.25, 0.3) is 0 Å². The minimum atomic E-state index is 0.928. The highest BCUT2D eigenvalue weighted by atomic mass is 15.1. The number of fused-ring (bicyclic) bond motifs is 13. The zero-order valence-corrected chi connectivity index (χ0v) is 25.9. The van der Waals surface area contributed by atoms with Gasteiger partial charge in [-0.15, -0.1) is 0 Å². The number of benzene rings is 8. The van der Waals surface area contributed by atoms with E-state index >= 15 is 0 Å². The van der Waals surface area contributed by atoms with Crippen LogP contribution in [0.3, 0.4) is 0 Å². The molecule has 11 rings (SSSR count). The first kappa shape index (κ1) is 25.7. The molecule has 3 nitrogen and oxygen atoms in total. The number of pyridine rings is 1. The number of hydrogen-bond donors (Lipinski definition) is 0. The molecule has 0 spiro atoms. The zero-order chi connectivity index (χ0) is 31.3. The molecule has 0 aliphatic carbocycles. The minimum Gasteiger partial charge on any atom is -0.309 e. The average Bonchev–Trinajstić information content (AvgIpc) is 3.67. The third kappa shape index (κ3) is 3.45. The molecular weight excluding hydrogens is 583 g/mol. The lowest BCUT2D eigenvalue weighted by molar-refractivity contribution is 1.10. The average molecular weight is 610 g/mol. The van der Waals surface area contributed by atoms with Crippen LogP contribution in [0.2, 0.25) is 0 Å². The fourth-order valence-electron chi connectivity index (χ4n) is 8.18. The predicted molar refractivity (Wildman–Crippen MR) is 203 cm³/mol. The van der Waals surface area contributed by atoms with Crippen molar-refractivity contribution in [3.63, 3.8) is 0 Å². The normalized spacial score (nSPS) is 12.2. The van der Waals surface area contributed by atoms with E-state index in [9.17, 15) is 0 Å². The van der Waals surface area contributed by atoms with E-state index in [1.54, 1.807) is 0 Å². The van der Waals surface area contributed by atoms with Crippen molar-refractivity contribution in [3.05, 3.63) is 164 Å². The molecule has 3 heteroatoms. The van der Waals surface area contributed by atoms with Crippen LogP contribution in [0.1, 0.15) is 0 Å². The molecule has 0 radical (unpaired) electrons. The van der Waals surface area contributed by atoms with Gasteiger partial charge in [-0.1, -0.05) is 109 Å². The zero-order valence-electron chi connectivity index (χ0n) is 25.9. The Labute approximate surface area is 275 Å². The Bertz CT molecular complexity index is 3120. The van der Waals surface area contributed by atoms with Crippen molar-refractivity contribution < 1.29 is 0 Å². The molecule has 0 bridgehead atoms. The maximum Gasteiger partial charge on any atom is 0.138 e. The van der Waals surface area contributed by atoms with Crippen molar-refractivity contribution in [3.8, 4) is 11.5 Å². The summed E-state index contributed by atoms with van der Waals surface area (Å²) in [6, 6.07) is 59.5. The van der Waals surface area contributed by atoms with Crippen LogP contribution in [0.4, 0.5) is 0 Å². The van der Waals surface area contributed by atoms with Crippen LogP contribution in [0.5, 0.6) is 0 Å². The quantitative estimate of drug-likeness (QED) is 0.179. The van der Waals surface area contributed by atoms with E-state index in [1.165, 1.54) is 64.9 Å². The lowest BCUT2D eigenvalue weighted by Crippen LogP contribution is -1.97. The molecule has 222 valence electrons. The number of hydrogen-bond acceptors (Lipinski definition) is 1. The maximum absolute atomic E-state index is 5.14. The molecule has 11 aromatic rings. The van der Waals surface area contributed by atoms with E-state index in [1.807, 2.05) is 0 Å². The summed E-state index contributed by atoms with van der Waals surface area (Å²) in [5.41, 5.74) is 6.87. The molecule has 0 saturated heterocycles. The monoisotopic (exact) mass is 609 g/mol. The minimum absolute atomic E-state index is 0.928. The fraction of sp³-hybridized carbons (Fsp3) is 0. The van der Waals surface area contributed by atoms with Gasteiger partial charge in [-0.25, -0.2) is 4.98 Å². The van der Waals surface area contributed by atoms with Gasteiger partial charge in [-0.3, -0.25) is 4.57 Å². The van der Waals surface area contributed by atoms with Crippen molar-refractivity contribution >= 4 is 86.8 Å². The molecule has 0 amide bonds. The molecule has 0 saturated carbocycles. The van der Waals surface area contributed by atoms with E-state index in [0.29, 0.717) is 0 Å². The summed E-state index contributed by atoms with van der Waals surface area (Å²) in [5, 5.41) is 13.8. The topological polar surface area (TPSA) is 22.8 Å². The predicted octanol–water partition coefficient (Wildman–Crippen LogP) is 11.9. The van der Waals surface area contributed by atoms with E-state index in [-0.39, 0.29) is 0 Å². The van der Waals surface area contributed by atoms with Crippen LogP contribution < -0.4 is 0 Å². The van der Waals surface area contributed by atoms with Gasteiger partial charge in [-0.2, -0.15) is 0 Å². The number of rotatable bonds is 2. The van der Waals surface area contributed by atoms with Gasteiger partial charge in [0, 0.05) is 32.6 Å². The smallest absolute Gasteiger partial charge is 0.138 e. The van der Waals surface area contributed by atoms with E-state index < -0.39 is 0 Å². The molecule has 0 fully saturated rings. The first-order chi connectivity index (χ1) is 23.8. The van der Waals surface area contributed by atoms with Crippen LogP contribution in [-0.4, -0.2) is 14.1 Å². The van der Waals surface area contributed by atoms with Gasteiger partial charge in [0.15, 0.2) is 0 Å². The highest BCUT2D eigenvalue weighted by Crippen LogP contribution is 2.42. The Morgan fingerprint density at radius 3 is 1.65 bits per heavy atom. The second kappa shape index (κ2) is 9.54. The van der Waals surface area contributed by atoms with Crippen molar-refractivity contribution in [1.82, 2.24) is 14.1 Å². The fourth-order valence-corrected chi connectivity index (χ4v) is 8.18. The SMILES string of the molecule is c1ccc2nc(-n3c4ccccc4c4c5c6ccccc6n(-c6ccc7c(ccc8c9ccccc9ccc78)c6)c5ccc43)ccc2c1. The van der Waals surface area contributed by atoms with Gasteiger partial charge < -0.3 is 4.57 Å². The van der Waals surface area contributed by atoms with E-state index in [4.69, 9.17) is 4.98 Å². The van der Waals surface area contributed by atoms with Crippen LogP contribution in [0.25, 0.3) is 98.3 Å². The van der Waals surface area contributed by atoms with Gasteiger partial charge in [0.1, 0.15) is 5.82 Å². The van der Waals surface area contributed by atoms with Gasteiger partial charge >= 0.3 is 0 Å². The van der Waals surface area contributed by atoms with Crippen molar-refractivity contribution in [1.29, 1.82) is 0 Å². The van der Waals surface area contributed by atoms with Gasteiger partial charge in [-0.05, 0) is 86.9 Å². The maximum atomic E-state index is 5.14. The second-order valence-corrected chi connectivity index (χ2v) is 12.8. The van der Waals surface area contributed by atoms with Gasteiger partial charge in [0.2, 0.25) is 0 Å². The molecule has 0 unspecified atom stereocenters. The highest BCUT2D eigenvalue weighted by molar-refractivity contribution is 6.29. The second-order valence-electron chi connectivity index (χ2n) is 12.8. The Kier molecular flexibility index (Phi) is 5.11. The summed E-state index contributed by atoms with van der Waals surface area (Å²) >= 11 is 0. The van der Waals surface area contributed by atoms with Crippen LogP contribution in [-0.2, 0) is 0 Å². The third-order valence-corrected chi connectivity index (χ3v) is 10.3. The molecule has 3 aromatic heterocycles. The summed E-state index contributed by atoms with van der Waals surface area (Å²) in [7, 11) is 0. The molecule has 0 aliphatic heterocycles. The first-order valence-corrected chi connectivity index (χ1v) is 16.5. The van der Waals surface area contributed by atoms with E-state index in [2.05, 4.69) is 173 Å². The standard InChI is InChI=1S/C45H27N3/c1-3-11-32-28(9-1)17-21-35-33-23-20-31(27-30(33)18-22-34(32)35)47-39-15-7-4-12-36(39)44-41(47)24-25-42-45(44)37-13-5-8-16-40(37)48(42)43-26-19-29-10-2-6-14-38(29)46-43/h1-27H. The van der Waals surface area contributed by atoms with Crippen LogP contribution in [0.15, 0.2) is 164 Å². The highest BCUT2D eigenvalue weighted by Gasteiger charge is 2.21. The van der Waals surface area contributed by atoms with Crippen LogP contribution >= 0.6 is 0 Å². The lowest BCUT2D eigenvalue weighted by Gasteiger charge is -2.12. The molecule has 0 atom stereocenters. The first-order valence-electron chi connectivity index (χ1n) is 16.5. The van der Waals surface area contributed by atoms with Gasteiger partial charge in [0.05, 0.1) is 27.6 Å². The molecular formula is C45H27N3. The Hall–Kier alpha value is -6.45. The van der Waals surface area contributed by atoms with Crippen molar-refractivity contribution in [2.24, 2.45) is 0 Å². The largest absolute Gasteiger partial charge is 0.309 e. The van der Waals surface area contributed by atoms with Crippen molar-refractivity contribution in [2.45, 2.75) is 0 Å². The third-order valence-electron chi connectivity index (χ3n) is 10.3. The molecule has 0 N–H and O–H groups in total. The summed E-state index contributed by atoms with van der Waals surface area (Å²) in [4.78, 5) is 5.14. The summed E-state index contributed by atoms with van der Waals surface area (Å²) < 4.78 is 4.77. The molecule has 48 heavy (non-hydrogen) atoms. The Morgan fingerprint density at radius 2 is 0.875 bits per heavy atom. The summed E-state index contributed by atoms with van der Waals surface area (Å²) in [6.45, 7) is 0. The molecule has 8 aromatic carbocycles. The number of para-hydroxylation sites is 3. The Balaban J connectivity index is 1.20. The lowest BCUT2D eigenvalue weighted by atomic mass is 9.97.